The lowest BCUT2D eigenvalue weighted by Gasteiger charge is -2.03. The number of hydrogen-bond donors (Lipinski definition) is 0. The Hall–Kier alpha value is -3.18. The third-order valence-electron chi connectivity index (χ3n) is 4.38. The molecule has 0 radical (unpaired) electrons. The van der Waals surface area contributed by atoms with Gasteiger partial charge in [-0.15, -0.1) is 6.58 Å². The fourth-order valence-corrected chi connectivity index (χ4v) is 5.25. The molecule has 0 spiro atoms. The van der Waals surface area contributed by atoms with Crippen LogP contribution in [-0.2, 0) is 21.2 Å². The summed E-state index contributed by atoms with van der Waals surface area (Å²) in [6.07, 6.45) is 1.55. The molecule has 0 bridgehead atoms. The highest BCUT2D eigenvalue weighted by molar-refractivity contribution is 7.91. The molecule has 0 atom stereocenters. The lowest BCUT2D eigenvalue weighted by molar-refractivity contribution is -0.384. The van der Waals surface area contributed by atoms with Crippen LogP contribution in [0.15, 0.2) is 65.0 Å². The average molecular weight is 464 g/mol. The Morgan fingerprint density at radius 3 is 2.61 bits per heavy atom. The number of carbonyl (C=O) groups excluding carboxylic acids is 1. The number of nitrogens with zero attached hydrogens (tertiary/aromatic N) is 3. The Morgan fingerprint density at radius 1 is 1.26 bits per heavy atom. The summed E-state index contributed by atoms with van der Waals surface area (Å²) in [6.45, 7) is 3.96. The van der Waals surface area contributed by atoms with Crippen LogP contribution in [0.4, 0.5) is 10.1 Å². The van der Waals surface area contributed by atoms with E-state index in [1.807, 2.05) is 0 Å². The molecule has 0 fully saturated rings. The van der Waals surface area contributed by atoms with Crippen molar-refractivity contribution in [3.63, 3.8) is 0 Å². The molecule has 31 heavy (non-hydrogen) atoms. The number of benzene rings is 2. The molecule has 1 amide bonds. The van der Waals surface area contributed by atoms with Gasteiger partial charge in [0.25, 0.3) is 5.69 Å². The molecular weight excluding hydrogens is 445 g/mol. The van der Waals surface area contributed by atoms with Crippen LogP contribution in [0.1, 0.15) is 12.8 Å². The van der Waals surface area contributed by atoms with Gasteiger partial charge in [0.15, 0.2) is 14.6 Å². The maximum absolute atomic E-state index is 13.0. The standard InChI is InChI=1S/C20H18FN3O5S2/c1-2-11-23-17-13-15(24(26)27)7-10-18(17)30-20(23)22-19(25)4-3-12-31(28,29)16-8-5-14(21)6-9-16/h2,5-10,13H,1,3-4,11-12H2. The van der Waals surface area contributed by atoms with Crippen molar-refractivity contribution in [1.29, 1.82) is 0 Å². The predicted molar refractivity (Wildman–Crippen MR) is 115 cm³/mol. The Balaban J connectivity index is 1.78. The van der Waals surface area contributed by atoms with Crippen LogP contribution in [0.5, 0.6) is 0 Å². The molecule has 11 heteroatoms. The summed E-state index contributed by atoms with van der Waals surface area (Å²) in [5, 5.41) is 11.1. The minimum Gasteiger partial charge on any atom is -0.312 e. The highest BCUT2D eigenvalue weighted by atomic mass is 32.2. The van der Waals surface area contributed by atoms with Crippen molar-refractivity contribution in [2.45, 2.75) is 24.3 Å². The molecule has 2 aromatic carbocycles. The minimum absolute atomic E-state index is 0.00628. The number of halogens is 1. The van der Waals surface area contributed by atoms with Crippen LogP contribution in [0.25, 0.3) is 10.2 Å². The molecule has 3 aromatic rings. The number of non-ortho nitro benzene ring substituents is 1. The van der Waals surface area contributed by atoms with E-state index in [0.29, 0.717) is 16.9 Å². The monoisotopic (exact) mass is 463 g/mol. The van der Waals surface area contributed by atoms with Crippen LogP contribution in [0.2, 0.25) is 0 Å². The first-order chi connectivity index (χ1) is 14.7. The molecule has 8 nitrogen and oxygen atoms in total. The fraction of sp³-hybridized carbons (Fsp3) is 0.200. The minimum atomic E-state index is -3.64. The van der Waals surface area contributed by atoms with E-state index in [-0.39, 0.29) is 29.2 Å². The van der Waals surface area contributed by atoms with Gasteiger partial charge in [0.1, 0.15) is 5.82 Å². The number of amides is 1. The van der Waals surface area contributed by atoms with Gasteiger partial charge in [-0.05, 0) is 36.8 Å². The van der Waals surface area contributed by atoms with E-state index < -0.39 is 26.5 Å². The van der Waals surface area contributed by atoms with Crippen LogP contribution in [0.3, 0.4) is 0 Å². The van der Waals surface area contributed by atoms with Gasteiger partial charge in [-0.2, -0.15) is 4.99 Å². The first-order valence-corrected chi connectivity index (χ1v) is 11.6. The topological polar surface area (TPSA) is 112 Å². The second-order valence-corrected chi connectivity index (χ2v) is 9.69. The van der Waals surface area contributed by atoms with Gasteiger partial charge < -0.3 is 4.57 Å². The summed E-state index contributed by atoms with van der Waals surface area (Å²) in [5.74, 6) is -1.31. The third-order valence-corrected chi connectivity index (χ3v) is 7.26. The van der Waals surface area contributed by atoms with Crippen LogP contribution < -0.4 is 4.80 Å². The second kappa shape index (κ2) is 9.31. The first kappa shape index (κ1) is 22.5. The molecule has 0 N–H and O–H groups in total. The van der Waals surface area contributed by atoms with Gasteiger partial charge in [-0.3, -0.25) is 14.9 Å². The highest BCUT2D eigenvalue weighted by Crippen LogP contribution is 2.23. The predicted octanol–water partition coefficient (Wildman–Crippen LogP) is 3.62. The molecule has 1 heterocycles. The number of nitro groups is 1. The molecular formula is C20H18FN3O5S2. The summed E-state index contributed by atoms with van der Waals surface area (Å²) in [6, 6.07) is 8.89. The summed E-state index contributed by atoms with van der Waals surface area (Å²) in [5.41, 5.74) is 0.483. The third kappa shape index (κ3) is 5.30. The number of sulfone groups is 1. The zero-order valence-corrected chi connectivity index (χ0v) is 17.9. The van der Waals surface area contributed by atoms with Gasteiger partial charge in [0, 0.05) is 25.1 Å². The molecule has 0 aliphatic carbocycles. The van der Waals surface area contributed by atoms with Crippen molar-refractivity contribution in [2.24, 2.45) is 4.99 Å². The molecule has 162 valence electrons. The van der Waals surface area contributed by atoms with Crippen molar-refractivity contribution >= 4 is 43.0 Å². The van der Waals surface area contributed by atoms with E-state index >= 15 is 0 Å². The lowest BCUT2D eigenvalue weighted by Crippen LogP contribution is -2.16. The second-order valence-electron chi connectivity index (χ2n) is 6.57. The van der Waals surface area contributed by atoms with Crippen molar-refractivity contribution in [1.82, 2.24) is 4.57 Å². The summed E-state index contributed by atoms with van der Waals surface area (Å²) in [7, 11) is -3.64. The van der Waals surface area contributed by atoms with Gasteiger partial charge in [0.2, 0.25) is 5.91 Å². The number of hydrogen-bond acceptors (Lipinski definition) is 6. The van der Waals surface area contributed by atoms with E-state index in [9.17, 15) is 27.7 Å². The molecule has 1 aromatic heterocycles. The summed E-state index contributed by atoms with van der Waals surface area (Å²) >= 11 is 1.20. The van der Waals surface area contributed by atoms with Gasteiger partial charge >= 0.3 is 0 Å². The summed E-state index contributed by atoms with van der Waals surface area (Å²) in [4.78, 5) is 27.3. The SMILES string of the molecule is C=CCn1c(=NC(=O)CCCS(=O)(=O)c2ccc(F)cc2)sc2ccc([N+](=O)[O-])cc21. The smallest absolute Gasteiger partial charge is 0.271 e. The molecule has 0 aliphatic rings. The van der Waals surface area contributed by atoms with Crippen molar-refractivity contribution in [3.05, 3.63) is 75.9 Å². The lowest BCUT2D eigenvalue weighted by atomic mass is 10.3. The fourth-order valence-electron chi connectivity index (χ4n) is 2.90. The molecule has 3 rings (SSSR count). The van der Waals surface area contributed by atoms with Crippen LogP contribution in [0, 0.1) is 15.9 Å². The van der Waals surface area contributed by atoms with Crippen molar-refractivity contribution < 1.29 is 22.5 Å². The van der Waals surface area contributed by atoms with E-state index in [1.54, 1.807) is 16.7 Å². The van der Waals surface area contributed by atoms with E-state index in [4.69, 9.17) is 0 Å². The Labute approximate surface area is 181 Å². The van der Waals surface area contributed by atoms with Gasteiger partial charge in [-0.1, -0.05) is 17.4 Å². The Kier molecular flexibility index (Phi) is 6.76. The molecule has 0 saturated carbocycles. The van der Waals surface area contributed by atoms with E-state index in [1.165, 1.54) is 35.6 Å². The van der Waals surface area contributed by atoms with Crippen molar-refractivity contribution in [3.8, 4) is 0 Å². The number of nitro benzene ring substituents is 1. The zero-order chi connectivity index (χ0) is 22.6. The number of fused-ring (bicyclic) bond motifs is 1. The van der Waals surface area contributed by atoms with Crippen LogP contribution >= 0.6 is 11.3 Å². The normalized spacial score (nSPS) is 12.2. The maximum atomic E-state index is 13.0. The average Bonchev–Trinajstić information content (AvgIpc) is 3.04. The number of allylic oxidation sites excluding steroid dienone is 1. The molecule has 0 unspecified atom stereocenters. The largest absolute Gasteiger partial charge is 0.312 e. The number of thiazole rings is 1. The van der Waals surface area contributed by atoms with E-state index in [0.717, 1.165) is 16.8 Å². The van der Waals surface area contributed by atoms with Gasteiger partial charge in [0.05, 0.1) is 25.8 Å². The van der Waals surface area contributed by atoms with Crippen LogP contribution in [-0.4, -0.2) is 29.6 Å². The number of aromatic nitrogens is 1. The molecule has 0 saturated heterocycles. The zero-order valence-electron chi connectivity index (χ0n) is 16.2. The Morgan fingerprint density at radius 2 is 1.97 bits per heavy atom. The van der Waals surface area contributed by atoms with E-state index in [2.05, 4.69) is 11.6 Å². The first-order valence-electron chi connectivity index (χ1n) is 9.16. The summed E-state index contributed by atoms with van der Waals surface area (Å²) < 4.78 is 39.9. The Bertz CT molecular complexity index is 1330. The van der Waals surface area contributed by atoms with Gasteiger partial charge in [-0.25, -0.2) is 12.8 Å². The molecule has 0 aliphatic heterocycles. The quantitative estimate of drug-likeness (QED) is 0.219. The maximum Gasteiger partial charge on any atom is 0.271 e. The number of rotatable bonds is 8. The highest BCUT2D eigenvalue weighted by Gasteiger charge is 2.16. The number of carbonyl (C=O) groups is 1. The van der Waals surface area contributed by atoms with Crippen molar-refractivity contribution in [2.75, 3.05) is 5.75 Å².